The van der Waals surface area contributed by atoms with Crippen molar-refractivity contribution in [3.63, 3.8) is 0 Å². The highest BCUT2D eigenvalue weighted by Gasteiger charge is 2.11. The lowest BCUT2D eigenvalue weighted by atomic mass is 10.1. The summed E-state index contributed by atoms with van der Waals surface area (Å²) in [6.07, 6.45) is 0. The van der Waals surface area contributed by atoms with Crippen molar-refractivity contribution in [2.75, 3.05) is 5.73 Å². The van der Waals surface area contributed by atoms with Gasteiger partial charge in [-0.1, -0.05) is 23.8 Å². The molecule has 1 amide bonds. The van der Waals surface area contributed by atoms with Crippen molar-refractivity contribution in [2.45, 2.75) is 40.8 Å². The summed E-state index contributed by atoms with van der Waals surface area (Å²) < 4.78 is 1.40. The molecule has 0 aliphatic heterocycles. The Hall–Kier alpha value is -2.56. The topological polar surface area (TPSA) is 77.1 Å². The van der Waals surface area contributed by atoms with E-state index in [4.69, 9.17) is 5.73 Å². The minimum Gasteiger partial charge on any atom is -0.394 e. The number of nitrogens with one attached hydrogen (secondary N) is 1. The molecule has 1 aromatic carbocycles. The first kappa shape index (κ1) is 16.8. The number of hydrogen-bond donors (Lipinski definition) is 2. The van der Waals surface area contributed by atoms with Gasteiger partial charge < -0.3 is 15.6 Å². The maximum absolute atomic E-state index is 12.2. The van der Waals surface area contributed by atoms with Crippen LogP contribution in [0.4, 0.5) is 5.69 Å². The van der Waals surface area contributed by atoms with Crippen molar-refractivity contribution in [3.8, 4) is 0 Å². The number of rotatable bonds is 4. The molecule has 2 aromatic rings. The summed E-state index contributed by atoms with van der Waals surface area (Å²) in [5.41, 5.74) is 10.5. The molecule has 23 heavy (non-hydrogen) atoms. The first-order valence-corrected chi connectivity index (χ1v) is 7.59. The Labute approximate surface area is 136 Å². The Morgan fingerprint density at radius 3 is 2.52 bits per heavy atom. The van der Waals surface area contributed by atoms with E-state index < -0.39 is 0 Å². The van der Waals surface area contributed by atoms with Crippen molar-refractivity contribution >= 4 is 11.6 Å². The van der Waals surface area contributed by atoms with Gasteiger partial charge in [-0.05, 0) is 50.5 Å². The van der Waals surface area contributed by atoms with Crippen molar-refractivity contribution < 1.29 is 4.79 Å². The van der Waals surface area contributed by atoms with Crippen LogP contribution in [0, 0.1) is 27.7 Å². The monoisotopic (exact) mass is 313 g/mol. The Morgan fingerprint density at radius 1 is 1.13 bits per heavy atom. The second-order valence-electron chi connectivity index (χ2n) is 5.98. The molecule has 0 saturated carbocycles. The Bertz CT molecular complexity index is 807. The molecule has 0 unspecified atom stereocenters. The molecule has 122 valence electrons. The van der Waals surface area contributed by atoms with Crippen molar-refractivity contribution in [2.24, 2.45) is 0 Å². The first-order chi connectivity index (χ1) is 10.8. The van der Waals surface area contributed by atoms with Gasteiger partial charge in [0.1, 0.15) is 12.2 Å². The minimum absolute atomic E-state index is 0.0278. The molecule has 1 aromatic heterocycles. The Morgan fingerprint density at radius 2 is 1.83 bits per heavy atom. The average Bonchev–Trinajstić information content (AvgIpc) is 2.50. The molecule has 0 spiro atoms. The number of nitrogens with two attached hydrogens (primary N) is 1. The number of amides is 1. The lowest BCUT2D eigenvalue weighted by Crippen LogP contribution is -2.34. The SMILES string of the molecule is Cc1ccc(C)c(CNC(=O)Cn2c(C)cc(C)c(N)c2=O)c1. The third-order valence-electron chi connectivity index (χ3n) is 4.03. The van der Waals surface area contributed by atoms with E-state index in [9.17, 15) is 9.59 Å². The molecular weight excluding hydrogens is 290 g/mol. The molecule has 0 fully saturated rings. The van der Waals surface area contributed by atoms with Gasteiger partial charge in [-0.3, -0.25) is 9.59 Å². The highest BCUT2D eigenvalue weighted by Crippen LogP contribution is 2.10. The lowest BCUT2D eigenvalue weighted by molar-refractivity contribution is -0.121. The number of hydrogen-bond acceptors (Lipinski definition) is 3. The van der Waals surface area contributed by atoms with Crippen LogP contribution in [0.3, 0.4) is 0 Å². The second-order valence-corrected chi connectivity index (χ2v) is 5.98. The molecular formula is C18H23N3O2. The number of nitrogens with zero attached hydrogens (tertiary/aromatic N) is 1. The normalized spacial score (nSPS) is 10.6. The number of aryl methyl sites for hydroxylation is 4. The van der Waals surface area contributed by atoms with Crippen LogP contribution in [0.15, 0.2) is 29.1 Å². The van der Waals surface area contributed by atoms with E-state index in [1.807, 2.05) is 32.0 Å². The van der Waals surface area contributed by atoms with Gasteiger partial charge in [0.2, 0.25) is 5.91 Å². The third kappa shape index (κ3) is 3.80. The van der Waals surface area contributed by atoms with E-state index >= 15 is 0 Å². The van der Waals surface area contributed by atoms with E-state index in [0.717, 1.165) is 27.9 Å². The third-order valence-corrected chi connectivity index (χ3v) is 4.03. The smallest absolute Gasteiger partial charge is 0.274 e. The fourth-order valence-corrected chi connectivity index (χ4v) is 2.52. The minimum atomic E-state index is -0.315. The van der Waals surface area contributed by atoms with Crippen LogP contribution in [0.2, 0.25) is 0 Å². The molecule has 0 aliphatic carbocycles. The molecule has 0 radical (unpaired) electrons. The molecule has 5 nitrogen and oxygen atoms in total. The van der Waals surface area contributed by atoms with Crippen LogP contribution < -0.4 is 16.6 Å². The van der Waals surface area contributed by atoms with Crippen LogP contribution in [0.5, 0.6) is 0 Å². The number of carbonyl (C=O) groups is 1. The molecule has 0 bridgehead atoms. The van der Waals surface area contributed by atoms with Gasteiger partial charge in [0, 0.05) is 12.2 Å². The number of nitrogen functional groups attached to an aromatic ring is 1. The van der Waals surface area contributed by atoms with E-state index in [1.54, 1.807) is 13.8 Å². The number of aromatic nitrogens is 1. The molecule has 2 rings (SSSR count). The largest absolute Gasteiger partial charge is 0.394 e. The van der Waals surface area contributed by atoms with Crippen molar-refractivity contribution in [1.82, 2.24) is 9.88 Å². The molecule has 3 N–H and O–H groups in total. The van der Waals surface area contributed by atoms with Crippen LogP contribution >= 0.6 is 0 Å². The summed E-state index contributed by atoms with van der Waals surface area (Å²) in [5.74, 6) is -0.209. The van der Waals surface area contributed by atoms with E-state index in [1.165, 1.54) is 4.57 Å². The summed E-state index contributed by atoms with van der Waals surface area (Å²) in [5, 5.41) is 2.86. The predicted octanol–water partition coefficient (Wildman–Crippen LogP) is 1.98. The highest BCUT2D eigenvalue weighted by molar-refractivity contribution is 5.76. The summed E-state index contributed by atoms with van der Waals surface area (Å²) in [6, 6.07) is 7.94. The second kappa shape index (κ2) is 6.69. The fraction of sp³-hybridized carbons (Fsp3) is 0.333. The Kier molecular flexibility index (Phi) is 4.89. The molecule has 5 heteroatoms. The maximum atomic E-state index is 12.2. The standard InChI is InChI=1S/C18H23N3O2/c1-11-5-6-12(2)15(7-11)9-20-16(22)10-21-14(4)8-13(3)17(19)18(21)23/h5-8H,9-10,19H2,1-4H3,(H,20,22). The van der Waals surface area contributed by atoms with Crippen LogP contribution in [-0.2, 0) is 17.9 Å². The van der Waals surface area contributed by atoms with Gasteiger partial charge in [0.15, 0.2) is 0 Å². The van der Waals surface area contributed by atoms with E-state index in [0.29, 0.717) is 6.54 Å². The summed E-state index contributed by atoms with van der Waals surface area (Å²) in [4.78, 5) is 24.3. The average molecular weight is 313 g/mol. The van der Waals surface area contributed by atoms with Gasteiger partial charge in [0.05, 0.1) is 0 Å². The van der Waals surface area contributed by atoms with Gasteiger partial charge in [-0.15, -0.1) is 0 Å². The van der Waals surface area contributed by atoms with Crippen molar-refractivity contribution in [1.29, 1.82) is 0 Å². The number of benzene rings is 1. The molecule has 0 saturated heterocycles. The molecule has 1 heterocycles. The van der Waals surface area contributed by atoms with Gasteiger partial charge >= 0.3 is 0 Å². The number of anilines is 1. The van der Waals surface area contributed by atoms with Crippen LogP contribution in [-0.4, -0.2) is 10.5 Å². The van der Waals surface area contributed by atoms with E-state index in [2.05, 4.69) is 11.4 Å². The highest BCUT2D eigenvalue weighted by atomic mass is 16.2. The van der Waals surface area contributed by atoms with Gasteiger partial charge in [0.25, 0.3) is 5.56 Å². The number of carbonyl (C=O) groups excluding carboxylic acids is 1. The van der Waals surface area contributed by atoms with Gasteiger partial charge in [-0.25, -0.2) is 0 Å². The van der Waals surface area contributed by atoms with Crippen LogP contribution in [0.25, 0.3) is 0 Å². The lowest BCUT2D eigenvalue weighted by Gasteiger charge is -2.13. The predicted molar refractivity (Wildman–Crippen MR) is 92.4 cm³/mol. The summed E-state index contributed by atoms with van der Waals surface area (Å²) in [7, 11) is 0. The van der Waals surface area contributed by atoms with E-state index in [-0.39, 0.29) is 23.7 Å². The zero-order valence-electron chi connectivity index (χ0n) is 14.1. The van der Waals surface area contributed by atoms with Crippen LogP contribution in [0.1, 0.15) is 27.9 Å². The quantitative estimate of drug-likeness (QED) is 0.906. The molecule has 0 aliphatic rings. The number of pyridine rings is 1. The Balaban J connectivity index is 2.10. The molecule has 0 atom stereocenters. The first-order valence-electron chi connectivity index (χ1n) is 7.59. The summed E-state index contributed by atoms with van der Waals surface area (Å²) >= 11 is 0. The maximum Gasteiger partial charge on any atom is 0.274 e. The van der Waals surface area contributed by atoms with Gasteiger partial charge in [-0.2, -0.15) is 0 Å². The fourth-order valence-electron chi connectivity index (χ4n) is 2.52. The zero-order valence-corrected chi connectivity index (χ0v) is 14.1. The summed E-state index contributed by atoms with van der Waals surface area (Å²) in [6.45, 7) is 8.03. The zero-order chi connectivity index (χ0) is 17.1. The van der Waals surface area contributed by atoms with Crippen molar-refractivity contribution in [3.05, 3.63) is 62.6 Å².